The molecule has 0 saturated carbocycles. The Labute approximate surface area is 170 Å². The van der Waals surface area contributed by atoms with Crippen LogP contribution in [0.4, 0.5) is 11.4 Å². The molecule has 0 radical (unpaired) electrons. The van der Waals surface area contributed by atoms with Gasteiger partial charge in [0.25, 0.3) is 0 Å². The van der Waals surface area contributed by atoms with Crippen LogP contribution >= 0.6 is 15.9 Å². The molecule has 2 aromatic carbocycles. The van der Waals surface area contributed by atoms with Gasteiger partial charge in [0, 0.05) is 40.1 Å². The van der Waals surface area contributed by atoms with Crippen molar-refractivity contribution >= 4 is 39.1 Å². The fraction of sp³-hybridized carbons (Fsp3) is 0.348. The lowest BCUT2D eigenvalue weighted by atomic mass is 9.88. The van der Waals surface area contributed by atoms with E-state index < -0.39 is 0 Å². The van der Waals surface area contributed by atoms with E-state index in [9.17, 15) is 0 Å². The number of fused-ring (bicyclic) bond motifs is 1. The van der Waals surface area contributed by atoms with E-state index in [1.165, 1.54) is 16.8 Å². The van der Waals surface area contributed by atoms with E-state index in [1.807, 2.05) is 18.3 Å². The zero-order valence-electron chi connectivity index (χ0n) is 16.9. The normalized spacial score (nSPS) is 15.7. The third kappa shape index (κ3) is 3.81. The number of allylic oxidation sites excluding steroid dienone is 1. The molecule has 1 heterocycles. The Balaban J connectivity index is 2.08. The average molecular weight is 427 g/mol. The molecule has 0 unspecified atom stereocenters. The maximum absolute atomic E-state index is 5.70. The second kappa shape index (κ2) is 7.51. The maximum Gasteiger partial charge on any atom is 0.129 e. The predicted molar refractivity (Wildman–Crippen MR) is 120 cm³/mol. The summed E-state index contributed by atoms with van der Waals surface area (Å²) >= 11 is 3.50. The highest BCUT2D eigenvalue weighted by atomic mass is 79.9. The van der Waals surface area contributed by atoms with E-state index in [1.54, 1.807) is 7.11 Å². The molecule has 3 nitrogen and oxygen atoms in total. The third-order valence-electron chi connectivity index (χ3n) is 5.15. The molecule has 27 heavy (non-hydrogen) atoms. The van der Waals surface area contributed by atoms with Crippen molar-refractivity contribution in [3.8, 4) is 5.75 Å². The maximum atomic E-state index is 5.70. The Morgan fingerprint density at radius 2 is 1.93 bits per heavy atom. The lowest BCUT2D eigenvalue weighted by Gasteiger charge is -2.43. The summed E-state index contributed by atoms with van der Waals surface area (Å²) < 4.78 is 6.76. The molecular weight excluding hydrogens is 400 g/mol. The predicted octanol–water partition coefficient (Wildman–Crippen LogP) is 6.54. The summed E-state index contributed by atoms with van der Waals surface area (Å²) in [5, 5.41) is 0. The van der Waals surface area contributed by atoms with Crippen LogP contribution in [0.1, 0.15) is 44.4 Å². The number of rotatable bonds is 4. The first-order valence-electron chi connectivity index (χ1n) is 9.26. The lowest BCUT2D eigenvalue weighted by molar-refractivity contribution is 0.413. The molecule has 0 aliphatic carbocycles. The van der Waals surface area contributed by atoms with Crippen LogP contribution in [-0.2, 0) is 0 Å². The topological polar surface area (TPSA) is 24.8 Å². The molecule has 0 aromatic heterocycles. The molecule has 1 aliphatic rings. The standard InChI is InChI=1S/C23H27BrN2O/c1-7-26-21-12-22(27-6)17(11-19(21)16(3)13-23(26,4)5)14-25-20-9-8-18(24)10-15(20)2/h8-14H,7H2,1-6H3. The van der Waals surface area contributed by atoms with Gasteiger partial charge in [-0.15, -0.1) is 0 Å². The molecule has 0 N–H and O–H groups in total. The summed E-state index contributed by atoms with van der Waals surface area (Å²) in [4.78, 5) is 7.12. The van der Waals surface area contributed by atoms with E-state index >= 15 is 0 Å². The number of hydrogen-bond acceptors (Lipinski definition) is 3. The van der Waals surface area contributed by atoms with E-state index in [0.717, 1.165) is 33.6 Å². The molecule has 0 fully saturated rings. The highest BCUT2D eigenvalue weighted by Gasteiger charge is 2.31. The van der Waals surface area contributed by atoms with Gasteiger partial charge in [0.1, 0.15) is 5.75 Å². The van der Waals surface area contributed by atoms with Crippen molar-refractivity contribution in [2.45, 2.75) is 40.2 Å². The Morgan fingerprint density at radius 3 is 2.56 bits per heavy atom. The largest absolute Gasteiger partial charge is 0.496 e. The summed E-state index contributed by atoms with van der Waals surface area (Å²) in [5.41, 5.74) is 6.82. The van der Waals surface area contributed by atoms with Crippen LogP contribution < -0.4 is 9.64 Å². The van der Waals surface area contributed by atoms with Crippen LogP contribution in [0.5, 0.6) is 5.75 Å². The zero-order chi connectivity index (χ0) is 19.8. The van der Waals surface area contributed by atoms with Gasteiger partial charge >= 0.3 is 0 Å². The number of hydrogen-bond donors (Lipinski definition) is 0. The van der Waals surface area contributed by atoms with Crippen LogP contribution in [0, 0.1) is 6.92 Å². The second-order valence-electron chi connectivity index (χ2n) is 7.53. The summed E-state index contributed by atoms with van der Waals surface area (Å²) in [5.74, 6) is 0.844. The zero-order valence-corrected chi connectivity index (χ0v) is 18.5. The summed E-state index contributed by atoms with van der Waals surface area (Å²) in [6, 6.07) is 10.4. The van der Waals surface area contributed by atoms with E-state index in [4.69, 9.17) is 9.73 Å². The number of nitrogens with zero attached hydrogens (tertiary/aromatic N) is 2. The van der Waals surface area contributed by atoms with Gasteiger partial charge in [-0.2, -0.15) is 0 Å². The van der Waals surface area contributed by atoms with Gasteiger partial charge in [-0.1, -0.05) is 22.0 Å². The monoisotopic (exact) mass is 426 g/mol. The number of halogens is 1. The van der Waals surface area contributed by atoms with Gasteiger partial charge in [-0.3, -0.25) is 4.99 Å². The molecule has 0 atom stereocenters. The number of aliphatic imine (C=N–C) groups is 1. The number of benzene rings is 2. The minimum Gasteiger partial charge on any atom is -0.496 e. The molecule has 4 heteroatoms. The summed E-state index contributed by atoms with van der Waals surface area (Å²) in [6.07, 6.45) is 4.24. The van der Waals surface area contributed by atoms with Crippen molar-refractivity contribution in [3.05, 3.63) is 57.6 Å². The number of likely N-dealkylation sites (N-methyl/N-ethyl adjacent to an activating group) is 1. The summed E-state index contributed by atoms with van der Waals surface area (Å²) in [7, 11) is 1.72. The first kappa shape index (κ1) is 19.7. The quantitative estimate of drug-likeness (QED) is 0.518. The van der Waals surface area contributed by atoms with Gasteiger partial charge in [0.15, 0.2) is 0 Å². The van der Waals surface area contributed by atoms with Gasteiger partial charge < -0.3 is 9.64 Å². The van der Waals surface area contributed by atoms with Crippen LogP contribution in [0.25, 0.3) is 5.57 Å². The van der Waals surface area contributed by atoms with Crippen LogP contribution in [-0.4, -0.2) is 25.4 Å². The van der Waals surface area contributed by atoms with Gasteiger partial charge in [0.2, 0.25) is 0 Å². The fourth-order valence-corrected chi connectivity index (χ4v) is 4.35. The van der Waals surface area contributed by atoms with Gasteiger partial charge in [-0.25, -0.2) is 0 Å². The number of anilines is 1. The highest BCUT2D eigenvalue weighted by Crippen LogP contribution is 2.41. The van der Waals surface area contributed by atoms with Gasteiger partial charge in [-0.05, 0) is 70.0 Å². The number of ether oxygens (including phenoxy) is 1. The average Bonchev–Trinajstić information content (AvgIpc) is 2.60. The number of methoxy groups -OCH3 is 1. The minimum absolute atomic E-state index is 0.0129. The molecule has 0 bridgehead atoms. The van der Waals surface area contributed by atoms with E-state index in [2.05, 4.69) is 79.7 Å². The molecule has 142 valence electrons. The van der Waals surface area contributed by atoms with Gasteiger partial charge in [0.05, 0.1) is 18.3 Å². The number of aryl methyl sites for hydroxylation is 1. The first-order valence-corrected chi connectivity index (χ1v) is 10.1. The van der Waals surface area contributed by atoms with Crippen molar-refractivity contribution in [3.63, 3.8) is 0 Å². The smallest absolute Gasteiger partial charge is 0.129 e. The van der Waals surface area contributed by atoms with Crippen molar-refractivity contribution < 1.29 is 4.74 Å². The molecule has 2 aromatic rings. The molecule has 3 rings (SSSR count). The van der Waals surface area contributed by atoms with Crippen molar-refractivity contribution in [2.75, 3.05) is 18.6 Å². The third-order valence-corrected chi connectivity index (χ3v) is 5.64. The second-order valence-corrected chi connectivity index (χ2v) is 8.44. The van der Waals surface area contributed by atoms with E-state index in [0.29, 0.717) is 0 Å². The Morgan fingerprint density at radius 1 is 1.19 bits per heavy atom. The Bertz CT molecular complexity index is 928. The van der Waals surface area contributed by atoms with Crippen molar-refractivity contribution in [1.29, 1.82) is 0 Å². The molecule has 0 amide bonds. The fourth-order valence-electron chi connectivity index (χ4n) is 3.88. The SMILES string of the molecule is CCN1c2cc(OC)c(C=Nc3ccc(Br)cc3C)cc2C(C)=CC1(C)C. The van der Waals surface area contributed by atoms with Crippen molar-refractivity contribution in [1.82, 2.24) is 0 Å². The molecule has 0 spiro atoms. The highest BCUT2D eigenvalue weighted by molar-refractivity contribution is 9.10. The molecule has 0 saturated heterocycles. The van der Waals surface area contributed by atoms with E-state index in [-0.39, 0.29) is 5.54 Å². The van der Waals surface area contributed by atoms with Crippen molar-refractivity contribution in [2.24, 2.45) is 4.99 Å². The Hall–Kier alpha value is -2.07. The lowest BCUT2D eigenvalue weighted by Crippen LogP contribution is -2.44. The molecule has 1 aliphatic heterocycles. The van der Waals surface area contributed by atoms with Crippen LogP contribution in [0.3, 0.4) is 0 Å². The molecular formula is C23H27BrN2O. The Kier molecular flexibility index (Phi) is 5.48. The van der Waals surface area contributed by atoms with Crippen LogP contribution in [0.15, 0.2) is 45.9 Å². The minimum atomic E-state index is -0.0129. The summed E-state index contributed by atoms with van der Waals surface area (Å²) in [6.45, 7) is 11.9. The first-order chi connectivity index (χ1) is 12.8. The van der Waals surface area contributed by atoms with Crippen LogP contribution in [0.2, 0.25) is 0 Å².